The lowest BCUT2D eigenvalue weighted by atomic mass is 10.1. The molecular formula is C16H17ClN6O. The van der Waals surface area contributed by atoms with Gasteiger partial charge in [-0.25, -0.2) is 9.67 Å². The Hall–Kier alpha value is -2.67. The fourth-order valence-electron chi connectivity index (χ4n) is 2.26. The van der Waals surface area contributed by atoms with Crippen LogP contribution in [0, 0.1) is 6.92 Å². The number of carbonyl (C=O) groups is 1. The van der Waals surface area contributed by atoms with Gasteiger partial charge in [-0.3, -0.25) is 14.8 Å². The van der Waals surface area contributed by atoms with Gasteiger partial charge >= 0.3 is 0 Å². The Bertz CT molecular complexity index is 869. The lowest BCUT2D eigenvalue weighted by molar-refractivity contribution is 0.102. The first-order chi connectivity index (χ1) is 11.6. The van der Waals surface area contributed by atoms with Crippen molar-refractivity contribution in [3.8, 4) is 0 Å². The molecule has 124 valence electrons. The van der Waals surface area contributed by atoms with Gasteiger partial charge in [0.05, 0.1) is 11.6 Å². The first-order valence-corrected chi connectivity index (χ1v) is 7.93. The van der Waals surface area contributed by atoms with Gasteiger partial charge in [-0.15, -0.1) is 5.10 Å². The summed E-state index contributed by atoms with van der Waals surface area (Å²) in [4.78, 5) is 16.3. The molecule has 8 heteroatoms. The molecular weight excluding hydrogens is 328 g/mol. The first kappa shape index (κ1) is 16.2. The molecule has 0 atom stereocenters. The third kappa shape index (κ3) is 3.46. The van der Waals surface area contributed by atoms with Crippen molar-refractivity contribution in [1.29, 1.82) is 0 Å². The number of hydrogen-bond acceptors (Lipinski definition) is 4. The highest BCUT2D eigenvalue weighted by molar-refractivity contribution is 6.34. The summed E-state index contributed by atoms with van der Waals surface area (Å²) in [5.74, 6) is -0.212. The van der Waals surface area contributed by atoms with E-state index in [0.717, 1.165) is 5.56 Å². The SMILES string of the molecule is CCn1cc(Cl)c(C(=O)Nc2ncn(Cc3ccccc3C)n2)n1. The van der Waals surface area contributed by atoms with Crippen LogP contribution >= 0.6 is 11.6 Å². The molecule has 0 aliphatic heterocycles. The van der Waals surface area contributed by atoms with Gasteiger partial charge in [0.15, 0.2) is 5.69 Å². The second kappa shape index (κ2) is 6.84. The Balaban J connectivity index is 1.70. The number of amides is 1. The largest absolute Gasteiger partial charge is 0.288 e. The van der Waals surface area contributed by atoms with Crippen LogP contribution < -0.4 is 5.32 Å². The molecule has 1 amide bonds. The van der Waals surface area contributed by atoms with Crippen LogP contribution in [0.1, 0.15) is 28.5 Å². The predicted octanol–water partition coefficient (Wildman–Crippen LogP) is 2.76. The highest BCUT2D eigenvalue weighted by Crippen LogP contribution is 2.15. The number of halogens is 1. The maximum Gasteiger partial charge on any atom is 0.280 e. The summed E-state index contributed by atoms with van der Waals surface area (Å²) in [7, 11) is 0. The molecule has 24 heavy (non-hydrogen) atoms. The second-order valence-electron chi connectivity index (χ2n) is 5.33. The number of anilines is 1. The minimum absolute atomic E-state index is 0.161. The van der Waals surface area contributed by atoms with E-state index >= 15 is 0 Å². The van der Waals surface area contributed by atoms with Gasteiger partial charge in [-0.1, -0.05) is 35.9 Å². The normalized spacial score (nSPS) is 10.8. The van der Waals surface area contributed by atoms with E-state index in [2.05, 4.69) is 20.5 Å². The number of hydrogen-bond donors (Lipinski definition) is 1. The lowest BCUT2D eigenvalue weighted by Gasteiger charge is -2.04. The molecule has 0 radical (unpaired) electrons. The molecule has 2 aromatic heterocycles. The van der Waals surface area contributed by atoms with Crippen molar-refractivity contribution in [2.75, 3.05) is 5.32 Å². The van der Waals surface area contributed by atoms with Crippen LogP contribution in [0.4, 0.5) is 5.95 Å². The highest BCUT2D eigenvalue weighted by Gasteiger charge is 2.17. The average Bonchev–Trinajstić information content (AvgIpc) is 3.16. The van der Waals surface area contributed by atoms with Crippen LogP contribution in [0.3, 0.4) is 0 Å². The van der Waals surface area contributed by atoms with Crippen molar-refractivity contribution < 1.29 is 4.79 Å². The maximum absolute atomic E-state index is 12.2. The van der Waals surface area contributed by atoms with Crippen molar-refractivity contribution in [2.24, 2.45) is 0 Å². The zero-order valence-electron chi connectivity index (χ0n) is 13.4. The molecule has 3 rings (SSSR count). The zero-order chi connectivity index (χ0) is 17.1. The Morgan fingerprint density at radius 2 is 2.04 bits per heavy atom. The van der Waals surface area contributed by atoms with E-state index in [-0.39, 0.29) is 11.6 Å². The molecule has 0 saturated carbocycles. The minimum Gasteiger partial charge on any atom is -0.288 e. The number of rotatable bonds is 5. The van der Waals surface area contributed by atoms with Crippen LogP contribution in [-0.2, 0) is 13.1 Å². The van der Waals surface area contributed by atoms with Gasteiger partial charge in [0.2, 0.25) is 5.95 Å². The topological polar surface area (TPSA) is 77.6 Å². The third-order valence-corrected chi connectivity index (χ3v) is 3.89. The number of carbonyl (C=O) groups excluding carboxylic acids is 1. The van der Waals surface area contributed by atoms with Crippen molar-refractivity contribution >= 4 is 23.5 Å². The van der Waals surface area contributed by atoms with Crippen LogP contribution in [0.2, 0.25) is 5.02 Å². The van der Waals surface area contributed by atoms with Gasteiger partial charge < -0.3 is 0 Å². The van der Waals surface area contributed by atoms with Crippen molar-refractivity contribution in [3.63, 3.8) is 0 Å². The van der Waals surface area contributed by atoms with E-state index < -0.39 is 5.91 Å². The Morgan fingerprint density at radius 1 is 1.25 bits per heavy atom. The molecule has 0 aliphatic rings. The Kier molecular flexibility index (Phi) is 4.61. The Labute approximate surface area is 144 Å². The lowest BCUT2D eigenvalue weighted by Crippen LogP contribution is -2.15. The zero-order valence-corrected chi connectivity index (χ0v) is 14.2. The van der Waals surface area contributed by atoms with E-state index in [1.807, 2.05) is 38.1 Å². The van der Waals surface area contributed by atoms with Gasteiger partial charge in [-0.05, 0) is 25.0 Å². The van der Waals surface area contributed by atoms with Gasteiger partial charge in [-0.2, -0.15) is 5.10 Å². The van der Waals surface area contributed by atoms with E-state index in [1.165, 1.54) is 5.56 Å². The van der Waals surface area contributed by atoms with Crippen LogP contribution in [0.5, 0.6) is 0 Å². The molecule has 0 aliphatic carbocycles. The van der Waals surface area contributed by atoms with E-state index in [4.69, 9.17) is 11.6 Å². The Morgan fingerprint density at radius 3 is 2.75 bits per heavy atom. The number of benzene rings is 1. The fourth-order valence-corrected chi connectivity index (χ4v) is 2.50. The fraction of sp³-hybridized carbons (Fsp3) is 0.250. The summed E-state index contributed by atoms with van der Waals surface area (Å²) in [6.07, 6.45) is 3.19. The average molecular weight is 345 g/mol. The van der Waals surface area contributed by atoms with Crippen LogP contribution in [-0.4, -0.2) is 30.5 Å². The van der Waals surface area contributed by atoms with E-state index in [9.17, 15) is 4.79 Å². The maximum atomic E-state index is 12.2. The number of aromatic nitrogens is 5. The van der Waals surface area contributed by atoms with Crippen molar-refractivity contribution in [3.05, 3.63) is 58.6 Å². The van der Waals surface area contributed by atoms with E-state index in [0.29, 0.717) is 18.1 Å². The summed E-state index contributed by atoms with van der Waals surface area (Å²) in [5, 5.41) is 11.3. The van der Waals surface area contributed by atoms with Gasteiger partial charge in [0.1, 0.15) is 6.33 Å². The van der Waals surface area contributed by atoms with Crippen molar-refractivity contribution in [1.82, 2.24) is 24.5 Å². The molecule has 1 aromatic carbocycles. The molecule has 0 saturated heterocycles. The second-order valence-corrected chi connectivity index (χ2v) is 5.73. The monoisotopic (exact) mass is 344 g/mol. The summed E-state index contributed by atoms with van der Waals surface area (Å²) in [5.41, 5.74) is 2.48. The number of nitrogens with one attached hydrogen (secondary N) is 1. The standard InChI is InChI=1S/C16H17ClN6O/c1-3-22-9-13(17)14(20-22)15(24)19-16-18-10-23(21-16)8-12-7-5-4-6-11(12)2/h4-7,9-10H,3,8H2,1-2H3,(H,19,21,24). The molecule has 0 fully saturated rings. The predicted molar refractivity (Wildman–Crippen MR) is 91.2 cm³/mol. The molecule has 0 unspecified atom stereocenters. The quantitative estimate of drug-likeness (QED) is 0.772. The van der Waals surface area contributed by atoms with E-state index in [1.54, 1.807) is 21.9 Å². The number of nitrogens with zero attached hydrogens (tertiary/aromatic N) is 5. The molecule has 0 spiro atoms. The summed E-state index contributed by atoms with van der Waals surface area (Å²) < 4.78 is 3.27. The number of aryl methyl sites for hydroxylation is 2. The third-order valence-electron chi connectivity index (χ3n) is 3.61. The summed E-state index contributed by atoms with van der Waals surface area (Å²) in [6.45, 7) is 5.18. The molecule has 1 N–H and O–H groups in total. The van der Waals surface area contributed by atoms with Crippen molar-refractivity contribution in [2.45, 2.75) is 26.9 Å². The minimum atomic E-state index is -0.430. The van der Waals surface area contributed by atoms with Crippen LogP contribution in [0.15, 0.2) is 36.8 Å². The van der Waals surface area contributed by atoms with Gasteiger partial charge in [0.25, 0.3) is 5.91 Å². The first-order valence-electron chi connectivity index (χ1n) is 7.55. The molecule has 2 heterocycles. The summed E-state index contributed by atoms with van der Waals surface area (Å²) in [6, 6.07) is 8.05. The highest BCUT2D eigenvalue weighted by atomic mass is 35.5. The van der Waals surface area contributed by atoms with Crippen LogP contribution in [0.25, 0.3) is 0 Å². The molecule has 3 aromatic rings. The molecule has 0 bridgehead atoms. The smallest absolute Gasteiger partial charge is 0.280 e. The van der Waals surface area contributed by atoms with Gasteiger partial charge in [0, 0.05) is 12.7 Å². The summed E-state index contributed by atoms with van der Waals surface area (Å²) >= 11 is 6.02. The molecule has 7 nitrogen and oxygen atoms in total.